The van der Waals surface area contributed by atoms with Gasteiger partial charge in [0.15, 0.2) is 0 Å². The van der Waals surface area contributed by atoms with Gasteiger partial charge in [-0.2, -0.15) is 0 Å². The summed E-state index contributed by atoms with van der Waals surface area (Å²) in [5.74, 6) is -0.230. The van der Waals surface area contributed by atoms with Gasteiger partial charge in [-0.3, -0.25) is 0 Å². The molecule has 0 aliphatic carbocycles. The second-order valence-electron chi connectivity index (χ2n) is 3.40. The molecule has 6 heteroatoms. The van der Waals surface area contributed by atoms with E-state index in [4.69, 9.17) is 4.74 Å². The maximum Gasteiger partial charge on any atom is 0.406 e. The molecule has 88 valence electrons. The van der Waals surface area contributed by atoms with Crippen LogP contribution in [0.5, 0.6) is 5.75 Å². The molecule has 1 aromatic rings. The van der Waals surface area contributed by atoms with E-state index in [9.17, 15) is 15.2 Å². The first-order valence-electron chi connectivity index (χ1n) is 4.97. The van der Waals surface area contributed by atoms with Crippen LogP contribution < -0.4 is 4.74 Å². The molecular formula is C10H14N2O4. The Kier molecular flexibility index (Phi) is 4.19. The molecular weight excluding hydrogens is 212 g/mol. The normalized spacial score (nSPS) is 12.2. The van der Waals surface area contributed by atoms with Crippen LogP contribution in [0.3, 0.4) is 0 Å². The molecule has 0 fully saturated rings. The Hall–Kier alpha value is -1.69. The molecule has 0 saturated heterocycles. The lowest BCUT2D eigenvalue weighted by Gasteiger charge is -2.09. The van der Waals surface area contributed by atoms with Gasteiger partial charge in [0.2, 0.25) is 5.75 Å². The van der Waals surface area contributed by atoms with E-state index in [1.165, 1.54) is 6.07 Å². The summed E-state index contributed by atoms with van der Waals surface area (Å²) in [7, 11) is 0. The number of aliphatic hydroxyl groups is 1. The Bertz CT molecular complexity index is 381. The van der Waals surface area contributed by atoms with E-state index in [1.54, 1.807) is 19.9 Å². The average molecular weight is 226 g/mol. The van der Waals surface area contributed by atoms with Gasteiger partial charge in [0.25, 0.3) is 0 Å². The number of nitro groups is 1. The van der Waals surface area contributed by atoms with Gasteiger partial charge in [0.1, 0.15) is 12.3 Å². The zero-order valence-corrected chi connectivity index (χ0v) is 9.21. The van der Waals surface area contributed by atoms with Crippen molar-refractivity contribution in [2.24, 2.45) is 0 Å². The molecule has 0 aromatic carbocycles. The first-order chi connectivity index (χ1) is 7.54. The molecule has 6 nitrogen and oxygen atoms in total. The predicted octanol–water partition coefficient (Wildman–Crippen LogP) is 1.45. The highest BCUT2D eigenvalue weighted by atomic mass is 16.6. The Morgan fingerprint density at radius 3 is 2.88 bits per heavy atom. The Morgan fingerprint density at radius 2 is 2.31 bits per heavy atom. The first-order valence-corrected chi connectivity index (χ1v) is 4.97. The fraction of sp³-hybridized carbons (Fsp3) is 0.500. The number of hydrogen-bond acceptors (Lipinski definition) is 5. The number of aryl methyl sites for hydroxylation is 1. The number of aliphatic hydroxyl groups excluding tert-OH is 1. The van der Waals surface area contributed by atoms with Crippen molar-refractivity contribution in [1.29, 1.82) is 0 Å². The molecule has 1 atom stereocenters. The van der Waals surface area contributed by atoms with Gasteiger partial charge in [-0.25, -0.2) is 0 Å². The number of ether oxygens (including phenoxy) is 1. The van der Waals surface area contributed by atoms with E-state index in [2.05, 4.69) is 4.98 Å². The van der Waals surface area contributed by atoms with Crippen molar-refractivity contribution >= 4 is 5.82 Å². The highest BCUT2D eigenvalue weighted by molar-refractivity contribution is 5.40. The first kappa shape index (κ1) is 12.4. The molecule has 1 aromatic heterocycles. The van der Waals surface area contributed by atoms with E-state index in [0.717, 1.165) is 0 Å². The second kappa shape index (κ2) is 5.41. The third-order valence-electron chi connectivity index (χ3n) is 2.05. The van der Waals surface area contributed by atoms with Crippen LogP contribution in [0.2, 0.25) is 0 Å². The topological polar surface area (TPSA) is 85.5 Å². The van der Waals surface area contributed by atoms with Crippen LogP contribution in [0.15, 0.2) is 12.1 Å². The highest BCUT2D eigenvalue weighted by Crippen LogP contribution is 2.24. The Labute approximate surface area is 93.0 Å². The van der Waals surface area contributed by atoms with E-state index in [-0.39, 0.29) is 18.2 Å². The van der Waals surface area contributed by atoms with Crippen LogP contribution in [-0.2, 0) is 0 Å². The van der Waals surface area contributed by atoms with Crippen LogP contribution in [0.1, 0.15) is 19.0 Å². The van der Waals surface area contributed by atoms with Gasteiger partial charge in [0.05, 0.1) is 6.10 Å². The number of nitrogens with zero attached hydrogens (tertiary/aromatic N) is 2. The van der Waals surface area contributed by atoms with Gasteiger partial charge < -0.3 is 20.0 Å². The van der Waals surface area contributed by atoms with Crippen molar-refractivity contribution in [3.8, 4) is 5.75 Å². The summed E-state index contributed by atoms with van der Waals surface area (Å²) in [5.41, 5.74) is 0.551. The van der Waals surface area contributed by atoms with Crippen molar-refractivity contribution in [1.82, 2.24) is 4.98 Å². The van der Waals surface area contributed by atoms with Gasteiger partial charge >= 0.3 is 5.82 Å². The summed E-state index contributed by atoms with van der Waals surface area (Å²) in [5, 5.41) is 20.0. The molecule has 16 heavy (non-hydrogen) atoms. The Morgan fingerprint density at radius 1 is 1.62 bits per heavy atom. The second-order valence-corrected chi connectivity index (χ2v) is 3.40. The van der Waals surface area contributed by atoms with Crippen LogP contribution >= 0.6 is 0 Å². The van der Waals surface area contributed by atoms with Crippen LogP contribution in [0.25, 0.3) is 0 Å². The molecule has 1 N–H and O–H groups in total. The zero-order chi connectivity index (χ0) is 12.1. The minimum absolute atomic E-state index is 0.0298. The smallest absolute Gasteiger partial charge is 0.406 e. The number of pyridine rings is 1. The lowest BCUT2D eigenvalue weighted by Crippen LogP contribution is -2.16. The third kappa shape index (κ3) is 3.16. The van der Waals surface area contributed by atoms with Crippen molar-refractivity contribution in [2.75, 3.05) is 6.61 Å². The molecule has 0 bridgehead atoms. The predicted molar refractivity (Wildman–Crippen MR) is 57.4 cm³/mol. The van der Waals surface area contributed by atoms with Gasteiger partial charge in [-0.05, 0) is 28.5 Å². The zero-order valence-electron chi connectivity index (χ0n) is 9.21. The highest BCUT2D eigenvalue weighted by Gasteiger charge is 2.18. The van der Waals surface area contributed by atoms with Gasteiger partial charge in [-0.1, -0.05) is 6.92 Å². The molecule has 0 amide bonds. The van der Waals surface area contributed by atoms with Crippen molar-refractivity contribution < 1.29 is 14.8 Å². The monoisotopic (exact) mass is 226 g/mol. The van der Waals surface area contributed by atoms with Crippen LogP contribution in [0, 0.1) is 17.0 Å². The minimum atomic E-state index is -0.624. The average Bonchev–Trinajstić information content (AvgIpc) is 2.26. The standard InChI is InChI=1S/C10H14N2O4/c1-3-8(13)6-16-9-5-4-7(2)11-10(9)12(14)15/h4-5,8,13H,3,6H2,1-2H3. The summed E-state index contributed by atoms with van der Waals surface area (Å²) in [6.07, 6.45) is -0.0894. The van der Waals surface area contributed by atoms with Crippen LogP contribution in [0.4, 0.5) is 5.82 Å². The minimum Gasteiger partial charge on any atom is -0.483 e. The summed E-state index contributed by atoms with van der Waals surface area (Å²) < 4.78 is 5.15. The van der Waals surface area contributed by atoms with E-state index >= 15 is 0 Å². The fourth-order valence-corrected chi connectivity index (χ4v) is 1.08. The molecule has 1 rings (SSSR count). The molecule has 1 heterocycles. The van der Waals surface area contributed by atoms with Gasteiger partial charge in [-0.15, -0.1) is 0 Å². The number of hydrogen-bond donors (Lipinski definition) is 1. The summed E-state index contributed by atoms with van der Waals surface area (Å²) >= 11 is 0. The van der Waals surface area contributed by atoms with Crippen molar-refractivity contribution in [3.05, 3.63) is 27.9 Å². The molecule has 0 saturated carbocycles. The number of rotatable bonds is 5. The van der Waals surface area contributed by atoms with E-state index in [0.29, 0.717) is 12.1 Å². The van der Waals surface area contributed by atoms with E-state index in [1.807, 2.05) is 0 Å². The molecule has 0 aliphatic rings. The molecule has 0 spiro atoms. The summed E-state index contributed by atoms with van der Waals surface area (Å²) in [4.78, 5) is 13.9. The lowest BCUT2D eigenvalue weighted by atomic mass is 10.3. The fourth-order valence-electron chi connectivity index (χ4n) is 1.08. The molecule has 0 radical (unpaired) electrons. The van der Waals surface area contributed by atoms with Crippen molar-refractivity contribution in [3.63, 3.8) is 0 Å². The summed E-state index contributed by atoms with van der Waals surface area (Å²) in [6.45, 7) is 3.50. The maximum atomic E-state index is 10.7. The number of aromatic nitrogens is 1. The SMILES string of the molecule is CCC(O)COc1ccc(C)nc1[N+](=O)[O-]. The maximum absolute atomic E-state index is 10.7. The van der Waals surface area contributed by atoms with E-state index < -0.39 is 11.0 Å². The quantitative estimate of drug-likeness (QED) is 0.606. The van der Waals surface area contributed by atoms with Gasteiger partial charge in [0, 0.05) is 6.92 Å². The van der Waals surface area contributed by atoms with Crippen LogP contribution in [-0.4, -0.2) is 27.7 Å². The third-order valence-corrected chi connectivity index (χ3v) is 2.05. The molecule has 0 aliphatic heterocycles. The summed E-state index contributed by atoms with van der Waals surface area (Å²) in [6, 6.07) is 3.11. The van der Waals surface area contributed by atoms with Crippen molar-refractivity contribution in [2.45, 2.75) is 26.4 Å². The lowest BCUT2D eigenvalue weighted by molar-refractivity contribution is -0.390. The largest absolute Gasteiger partial charge is 0.483 e. The Balaban J connectivity index is 2.82. The molecule has 1 unspecified atom stereocenters.